The highest BCUT2D eigenvalue weighted by Gasteiger charge is 2.21. The lowest BCUT2D eigenvalue weighted by Crippen LogP contribution is -2.35. The first kappa shape index (κ1) is 10.9. The monoisotopic (exact) mass is 201 g/mol. The van der Waals surface area contributed by atoms with Gasteiger partial charge in [0.25, 0.3) is 0 Å². The van der Waals surface area contributed by atoms with Gasteiger partial charge in [-0.3, -0.25) is 0 Å². The molecule has 1 rings (SSSR count). The van der Waals surface area contributed by atoms with Crippen LogP contribution in [0, 0.1) is 5.82 Å². The van der Waals surface area contributed by atoms with E-state index in [9.17, 15) is 8.78 Å². The van der Waals surface area contributed by atoms with Crippen LogP contribution in [0.4, 0.5) is 8.78 Å². The van der Waals surface area contributed by atoms with E-state index in [0.29, 0.717) is 5.75 Å². The Morgan fingerprint density at radius 1 is 1.36 bits per heavy atom. The Labute approximate surface area is 81.7 Å². The van der Waals surface area contributed by atoms with E-state index >= 15 is 0 Å². The van der Waals surface area contributed by atoms with Gasteiger partial charge in [-0.05, 0) is 31.2 Å². The molecule has 0 aliphatic heterocycles. The summed E-state index contributed by atoms with van der Waals surface area (Å²) in [6.45, 7) is 1.12. The molecule has 0 aliphatic carbocycles. The zero-order chi connectivity index (χ0) is 10.6. The van der Waals surface area contributed by atoms with Crippen LogP contribution < -0.4 is 10.5 Å². The highest BCUT2D eigenvalue weighted by molar-refractivity contribution is 5.22. The van der Waals surface area contributed by atoms with E-state index in [1.54, 1.807) is 0 Å². The summed E-state index contributed by atoms with van der Waals surface area (Å²) in [5.74, 6) is 0.0860. The van der Waals surface area contributed by atoms with Crippen LogP contribution in [0.3, 0.4) is 0 Å². The van der Waals surface area contributed by atoms with Crippen molar-refractivity contribution in [3.63, 3.8) is 0 Å². The van der Waals surface area contributed by atoms with Crippen LogP contribution in [-0.4, -0.2) is 18.8 Å². The third-order valence-corrected chi connectivity index (χ3v) is 1.78. The molecule has 0 amide bonds. The molecule has 2 nitrogen and oxygen atoms in total. The first-order valence-electron chi connectivity index (χ1n) is 4.31. The van der Waals surface area contributed by atoms with E-state index in [4.69, 9.17) is 10.5 Å². The topological polar surface area (TPSA) is 35.2 Å². The average Bonchev–Trinajstić information content (AvgIpc) is 2.17. The van der Waals surface area contributed by atoms with Gasteiger partial charge in [-0.15, -0.1) is 0 Å². The predicted molar refractivity (Wildman–Crippen MR) is 50.5 cm³/mol. The molecule has 0 aliphatic rings. The summed E-state index contributed by atoms with van der Waals surface area (Å²) >= 11 is 0. The first-order valence-corrected chi connectivity index (χ1v) is 4.31. The Morgan fingerprint density at radius 2 is 1.93 bits per heavy atom. The van der Waals surface area contributed by atoms with Crippen molar-refractivity contribution in [1.29, 1.82) is 0 Å². The first-order chi connectivity index (χ1) is 6.53. The van der Waals surface area contributed by atoms with E-state index in [1.165, 1.54) is 31.2 Å². The van der Waals surface area contributed by atoms with Crippen LogP contribution in [0.2, 0.25) is 0 Å². The van der Waals surface area contributed by atoms with E-state index in [2.05, 4.69) is 0 Å². The van der Waals surface area contributed by atoms with Crippen molar-refractivity contribution in [3.8, 4) is 5.75 Å². The molecule has 0 heterocycles. The lowest BCUT2D eigenvalue weighted by Gasteiger charge is -2.18. The molecule has 1 atom stereocenters. The third-order valence-electron chi connectivity index (χ3n) is 1.78. The largest absolute Gasteiger partial charge is 0.490 e. The van der Waals surface area contributed by atoms with Crippen LogP contribution in [0.15, 0.2) is 24.3 Å². The number of rotatable bonds is 4. The van der Waals surface area contributed by atoms with E-state index < -0.39 is 5.67 Å². The van der Waals surface area contributed by atoms with Gasteiger partial charge in [-0.25, -0.2) is 8.78 Å². The third kappa shape index (κ3) is 3.30. The molecular formula is C10H13F2NO. The summed E-state index contributed by atoms with van der Waals surface area (Å²) in [6, 6.07) is 5.41. The van der Waals surface area contributed by atoms with E-state index in [0.717, 1.165) is 0 Å². The summed E-state index contributed by atoms with van der Waals surface area (Å²) in [4.78, 5) is 0. The minimum atomic E-state index is -1.55. The van der Waals surface area contributed by atoms with Crippen molar-refractivity contribution in [2.45, 2.75) is 12.6 Å². The molecule has 0 saturated heterocycles. The molecule has 1 unspecified atom stereocenters. The van der Waals surface area contributed by atoms with Crippen LogP contribution in [-0.2, 0) is 0 Å². The predicted octanol–water partition coefficient (Wildman–Crippen LogP) is 1.89. The molecule has 0 radical (unpaired) electrons. The Morgan fingerprint density at radius 3 is 2.43 bits per heavy atom. The Balaban J connectivity index is 2.50. The second-order valence-electron chi connectivity index (χ2n) is 3.36. The fourth-order valence-electron chi connectivity index (χ4n) is 0.824. The molecule has 1 aromatic rings. The molecule has 0 bridgehead atoms. The lowest BCUT2D eigenvalue weighted by atomic mass is 10.1. The molecule has 0 aromatic heterocycles. The zero-order valence-electron chi connectivity index (χ0n) is 7.97. The second kappa shape index (κ2) is 4.37. The molecule has 0 spiro atoms. The molecule has 0 fully saturated rings. The van der Waals surface area contributed by atoms with Gasteiger partial charge in [-0.2, -0.15) is 0 Å². The number of hydrogen-bond donors (Lipinski definition) is 1. The number of halogens is 2. The van der Waals surface area contributed by atoms with Crippen LogP contribution in [0.5, 0.6) is 5.75 Å². The minimum absolute atomic E-state index is 0.103. The van der Waals surface area contributed by atoms with Gasteiger partial charge in [0.2, 0.25) is 0 Å². The number of benzene rings is 1. The maximum Gasteiger partial charge on any atom is 0.154 e. The van der Waals surface area contributed by atoms with E-state index in [1.807, 2.05) is 0 Å². The van der Waals surface area contributed by atoms with Gasteiger partial charge in [0.1, 0.15) is 18.2 Å². The average molecular weight is 201 g/mol. The lowest BCUT2D eigenvalue weighted by molar-refractivity contribution is 0.110. The Bertz CT molecular complexity index is 285. The van der Waals surface area contributed by atoms with Crippen LogP contribution >= 0.6 is 0 Å². The Kier molecular flexibility index (Phi) is 3.41. The smallest absolute Gasteiger partial charge is 0.154 e. The van der Waals surface area contributed by atoms with Gasteiger partial charge in [0.15, 0.2) is 5.67 Å². The highest BCUT2D eigenvalue weighted by Crippen LogP contribution is 2.15. The van der Waals surface area contributed by atoms with Gasteiger partial charge >= 0.3 is 0 Å². The highest BCUT2D eigenvalue weighted by atomic mass is 19.1. The van der Waals surface area contributed by atoms with Crippen LogP contribution in [0.1, 0.15) is 6.92 Å². The van der Waals surface area contributed by atoms with Gasteiger partial charge in [0.05, 0.1) is 0 Å². The summed E-state index contributed by atoms with van der Waals surface area (Å²) in [5.41, 5.74) is 3.63. The fourth-order valence-corrected chi connectivity index (χ4v) is 0.824. The van der Waals surface area contributed by atoms with Crippen molar-refractivity contribution in [2.75, 3.05) is 13.2 Å². The zero-order valence-corrected chi connectivity index (χ0v) is 7.97. The van der Waals surface area contributed by atoms with E-state index in [-0.39, 0.29) is 19.0 Å². The second-order valence-corrected chi connectivity index (χ2v) is 3.36. The minimum Gasteiger partial charge on any atom is -0.490 e. The van der Waals surface area contributed by atoms with Crippen molar-refractivity contribution >= 4 is 0 Å². The molecule has 1 aromatic carbocycles. The summed E-state index contributed by atoms with van der Waals surface area (Å²) < 4.78 is 30.8. The maximum atomic E-state index is 13.3. The number of ether oxygens (including phenoxy) is 1. The SMILES string of the molecule is CC(F)(CN)COc1ccc(F)cc1. The van der Waals surface area contributed by atoms with Crippen molar-refractivity contribution in [3.05, 3.63) is 30.1 Å². The molecule has 4 heteroatoms. The summed E-state index contributed by atoms with van der Waals surface area (Å²) in [6.07, 6.45) is 0. The molecule has 78 valence electrons. The van der Waals surface area contributed by atoms with Gasteiger partial charge in [-0.1, -0.05) is 0 Å². The van der Waals surface area contributed by atoms with Crippen molar-refractivity contribution in [2.24, 2.45) is 5.73 Å². The number of alkyl halides is 1. The standard InChI is InChI=1S/C10H13F2NO/c1-10(12,6-13)7-14-9-4-2-8(11)3-5-9/h2-5H,6-7,13H2,1H3. The molecule has 14 heavy (non-hydrogen) atoms. The van der Waals surface area contributed by atoms with Crippen LogP contribution in [0.25, 0.3) is 0 Å². The normalized spacial score (nSPS) is 14.9. The van der Waals surface area contributed by atoms with Crippen molar-refractivity contribution < 1.29 is 13.5 Å². The molecule has 0 saturated carbocycles. The number of hydrogen-bond acceptors (Lipinski definition) is 2. The number of nitrogens with two attached hydrogens (primary N) is 1. The molecule has 2 N–H and O–H groups in total. The van der Waals surface area contributed by atoms with Gasteiger partial charge < -0.3 is 10.5 Å². The Hall–Kier alpha value is -1.16. The maximum absolute atomic E-state index is 13.3. The summed E-state index contributed by atoms with van der Waals surface area (Å²) in [7, 11) is 0. The fraction of sp³-hybridized carbons (Fsp3) is 0.400. The molecular weight excluding hydrogens is 188 g/mol. The quantitative estimate of drug-likeness (QED) is 0.807. The van der Waals surface area contributed by atoms with Crippen molar-refractivity contribution in [1.82, 2.24) is 0 Å². The van der Waals surface area contributed by atoms with Gasteiger partial charge in [0, 0.05) is 6.54 Å². The summed E-state index contributed by atoms with van der Waals surface area (Å²) in [5, 5.41) is 0.